The van der Waals surface area contributed by atoms with E-state index in [0.717, 1.165) is 25.7 Å². The van der Waals surface area contributed by atoms with Crippen molar-refractivity contribution >= 4 is 23.3 Å². The van der Waals surface area contributed by atoms with E-state index in [0.29, 0.717) is 6.54 Å². The summed E-state index contributed by atoms with van der Waals surface area (Å²) in [4.78, 5) is 26.1. The van der Waals surface area contributed by atoms with Crippen LogP contribution in [0.15, 0.2) is 16.8 Å². The lowest BCUT2D eigenvalue weighted by atomic mass is 9.87. The monoisotopic (exact) mass is 321 g/mol. The number of fused-ring (bicyclic) bond motifs is 1. The number of nitrogens with zero attached hydrogens (tertiary/aromatic N) is 1. The highest BCUT2D eigenvalue weighted by Gasteiger charge is 2.38. The van der Waals surface area contributed by atoms with Gasteiger partial charge in [0.15, 0.2) is 0 Å². The molecule has 6 heteroatoms. The fourth-order valence-corrected chi connectivity index (χ4v) is 4.20. The van der Waals surface area contributed by atoms with Gasteiger partial charge >= 0.3 is 6.03 Å². The van der Waals surface area contributed by atoms with Crippen LogP contribution in [-0.4, -0.2) is 42.0 Å². The first-order chi connectivity index (χ1) is 10.6. The molecule has 3 rings (SSSR count). The highest BCUT2D eigenvalue weighted by Crippen LogP contribution is 2.26. The minimum atomic E-state index is -0.103. The van der Waals surface area contributed by atoms with Gasteiger partial charge in [-0.05, 0) is 41.1 Å². The molecule has 2 heterocycles. The van der Waals surface area contributed by atoms with E-state index >= 15 is 0 Å². The fraction of sp³-hybridized carbons (Fsp3) is 0.625. The Morgan fingerprint density at radius 2 is 2.32 bits per heavy atom. The summed E-state index contributed by atoms with van der Waals surface area (Å²) in [7, 11) is 0. The Balaban J connectivity index is 1.59. The molecule has 2 N–H and O–H groups in total. The van der Waals surface area contributed by atoms with Gasteiger partial charge in [0.1, 0.15) is 6.54 Å². The zero-order valence-corrected chi connectivity index (χ0v) is 13.7. The molecule has 1 saturated heterocycles. The molecule has 5 nitrogen and oxygen atoms in total. The Labute approximate surface area is 135 Å². The lowest BCUT2D eigenvalue weighted by Crippen LogP contribution is -2.64. The average molecular weight is 321 g/mol. The van der Waals surface area contributed by atoms with Crippen LogP contribution >= 0.6 is 11.3 Å². The number of amides is 3. The van der Waals surface area contributed by atoms with Crippen LogP contribution in [0.3, 0.4) is 0 Å². The topological polar surface area (TPSA) is 61.4 Å². The summed E-state index contributed by atoms with van der Waals surface area (Å²) in [6, 6.07) is 2.28. The summed E-state index contributed by atoms with van der Waals surface area (Å²) in [5.41, 5.74) is 1.25. The first kappa shape index (κ1) is 15.3. The second-order valence-electron chi connectivity index (χ2n) is 6.30. The maximum atomic E-state index is 12.5. The largest absolute Gasteiger partial charge is 0.350 e. The third-order valence-electron chi connectivity index (χ3n) is 4.72. The van der Waals surface area contributed by atoms with Crippen molar-refractivity contribution in [2.75, 3.05) is 13.1 Å². The SMILES string of the molecule is C[C@H](CNC(=O)N1CC(=O)N[C@H]2CCCC[C@H]21)c1ccsc1. The zero-order chi connectivity index (χ0) is 15.5. The number of thiophene rings is 1. The van der Waals surface area contributed by atoms with Gasteiger partial charge in [-0.15, -0.1) is 0 Å². The van der Waals surface area contributed by atoms with Gasteiger partial charge < -0.3 is 15.5 Å². The van der Waals surface area contributed by atoms with Crippen molar-refractivity contribution in [1.29, 1.82) is 0 Å². The van der Waals surface area contributed by atoms with Crippen molar-refractivity contribution in [2.45, 2.75) is 50.6 Å². The molecule has 1 aromatic rings. The first-order valence-electron chi connectivity index (χ1n) is 8.01. The van der Waals surface area contributed by atoms with Gasteiger partial charge in [0.05, 0.1) is 6.04 Å². The van der Waals surface area contributed by atoms with Crippen molar-refractivity contribution in [1.82, 2.24) is 15.5 Å². The molecular formula is C16H23N3O2S. The standard InChI is InChI=1S/C16H23N3O2S/c1-11(12-6-7-22-10-12)8-17-16(21)19-9-15(20)18-13-4-2-3-5-14(13)19/h6-7,10-11,13-14H,2-5,8-9H2,1H3,(H,17,21)(H,18,20)/t11-,13+,14-/m1/s1. The number of piperazine rings is 1. The number of nitrogens with one attached hydrogen (secondary N) is 2. The summed E-state index contributed by atoms with van der Waals surface area (Å²) in [5.74, 6) is 0.250. The third-order valence-corrected chi connectivity index (χ3v) is 5.42. The molecule has 22 heavy (non-hydrogen) atoms. The van der Waals surface area contributed by atoms with Crippen LogP contribution in [0.1, 0.15) is 44.1 Å². The fourth-order valence-electron chi connectivity index (χ4n) is 3.41. The molecule has 1 aliphatic carbocycles. The number of urea groups is 1. The Morgan fingerprint density at radius 1 is 1.50 bits per heavy atom. The van der Waals surface area contributed by atoms with E-state index in [-0.39, 0.29) is 36.5 Å². The summed E-state index contributed by atoms with van der Waals surface area (Å²) in [6.07, 6.45) is 4.22. The van der Waals surface area contributed by atoms with Gasteiger partial charge in [-0.3, -0.25) is 4.79 Å². The number of rotatable bonds is 3. The molecule has 3 atom stereocenters. The molecule has 120 valence electrons. The lowest BCUT2D eigenvalue weighted by molar-refractivity contribution is -0.126. The molecule has 0 radical (unpaired) electrons. The molecular weight excluding hydrogens is 298 g/mol. The molecule has 1 saturated carbocycles. The highest BCUT2D eigenvalue weighted by molar-refractivity contribution is 7.07. The van der Waals surface area contributed by atoms with E-state index < -0.39 is 0 Å². The Bertz CT molecular complexity index is 532. The molecule has 3 amide bonds. The smallest absolute Gasteiger partial charge is 0.318 e. The predicted molar refractivity (Wildman–Crippen MR) is 87.0 cm³/mol. The van der Waals surface area contributed by atoms with E-state index in [2.05, 4.69) is 34.4 Å². The summed E-state index contributed by atoms with van der Waals surface area (Å²) in [6.45, 7) is 2.89. The van der Waals surface area contributed by atoms with Crippen LogP contribution in [0.25, 0.3) is 0 Å². The second-order valence-corrected chi connectivity index (χ2v) is 7.08. The first-order valence-corrected chi connectivity index (χ1v) is 8.95. The van der Waals surface area contributed by atoms with E-state index in [9.17, 15) is 9.59 Å². The summed E-state index contributed by atoms with van der Waals surface area (Å²) >= 11 is 1.67. The predicted octanol–water partition coefficient (Wildman–Crippen LogP) is 2.30. The number of hydrogen-bond acceptors (Lipinski definition) is 3. The molecule has 0 spiro atoms. The van der Waals surface area contributed by atoms with Gasteiger partial charge in [0.2, 0.25) is 5.91 Å². The van der Waals surface area contributed by atoms with Crippen molar-refractivity contribution in [3.63, 3.8) is 0 Å². The lowest BCUT2D eigenvalue weighted by Gasteiger charge is -2.43. The van der Waals surface area contributed by atoms with Crippen LogP contribution in [0, 0.1) is 0 Å². The quantitative estimate of drug-likeness (QED) is 0.897. The third kappa shape index (κ3) is 3.27. The van der Waals surface area contributed by atoms with Crippen molar-refractivity contribution in [3.05, 3.63) is 22.4 Å². The maximum Gasteiger partial charge on any atom is 0.318 e. The maximum absolute atomic E-state index is 12.5. The van der Waals surface area contributed by atoms with Gasteiger partial charge in [-0.25, -0.2) is 4.79 Å². The highest BCUT2D eigenvalue weighted by atomic mass is 32.1. The molecule has 0 aromatic carbocycles. The van der Waals surface area contributed by atoms with Gasteiger partial charge in [0, 0.05) is 12.6 Å². The summed E-state index contributed by atoms with van der Waals surface area (Å²) < 4.78 is 0. The van der Waals surface area contributed by atoms with E-state index in [4.69, 9.17) is 0 Å². The van der Waals surface area contributed by atoms with E-state index in [1.807, 2.05) is 0 Å². The number of hydrogen-bond donors (Lipinski definition) is 2. The van der Waals surface area contributed by atoms with Crippen LogP contribution in [0.4, 0.5) is 4.79 Å². The Hall–Kier alpha value is -1.56. The van der Waals surface area contributed by atoms with Gasteiger partial charge in [-0.2, -0.15) is 11.3 Å². The van der Waals surface area contributed by atoms with Gasteiger partial charge in [-0.1, -0.05) is 19.8 Å². The van der Waals surface area contributed by atoms with Crippen molar-refractivity contribution in [2.24, 2.45) is 0 Å². The van der Waals surface area contributed by atoms with Crippen LogP contribution in [-0.2, 0) is 4.79 Å². The summed E-state index contributed by atoms with van der Waals surface area (Å²) in [5, 5.41) is 10.2. The minimum absolute atomic E-state index is 0.0378. The molecule has 2 aliphatic rings. The normalized spacial score (nSPS) is 26.0. The number of carbonyl (C=O) groups excluding carboxylic acids is 2. The number of carbonyl (C=O) groups is 2. The van der Waals surface area contributed by atoms with Gasteiger partial charge in [0.25, 0.3) is 0 Å². The second kappa shape index (κ2) is 6.69. The van der Waals surface area contributed by atoms with Crippen molar-refractivity contribution < 1.29 is 9.59 Å². The van der Waals surface area contributed by atoms with E-state index in [1.165, 1.54) is 5.56 Å². The van der Waals surface area contributed by atoms with E-state index in [1.54, 1.807) is 16.2 Å². The van der Waals surface area contributed by atoms with Crippen LogP contribution < -0.4 is 10.6 Å². The molecule has 1 aliphatic heterocycles. The Morgan fingerprint density at radius 3 is 3.09 bits per heavy atom. The minimum Gasteiger partial charge on any atom is -0.350 e. The zero-order valence-electron chi connectivity index (χ0n) is 12.9. The Kier molecular flexibility index (Phi) is 4.66. The average Bonchev–Trinajstić information content (AvgIpc) is 3.06. The molecule has 0 unspecified atom stereocenters. The van der Waals surface area contributed by atoms with Crippen LogP contribution in [0.5, 0.6) is 0 Å². The van der Waals surface area contributed by atoms with Crippen molar-refractivity contribution in [3.8, 4) is 0 Å². The molecule has 0 bridgehead atoms. The molecule has 2 fully saturated rings. The van der Waals surface area contributed by atoms with Crippen LogP contribution in [0.2, 0.25) is 0 Å². The molecule has 1 aromatic heterocycles.